The lowest BCUT2D eigenvalue weighted by molar-refractivity contribution is -0.148. The number of carbonyl (C=O) groups is 4. The topological polar surface area (TPSA) is 211 Å². The van der Waals surface area contributed by atoms with Crippen LogP contribution in [0.15, 0.2) is 4.42 Å². The summed E-state index contributed by atoms with van der Waals surface area (Å²) in [6, 6.07) is -3.24. The number of nitrogens with zero attached hydrogens (tertiary/aromatic N) is 2. The SMILES string of the molecule is C[C@H](OC(C)(C)C)[C@H](NC(=O)OC(C)(C)C)c1nnc(C2(NC(=O)N[C@@H](COC(C)(C)C)C(=O)O)CC(C(=O)O)C2)o1. The van der Waals surface area contributed by atoms with Crippen molar-refractivity contribution in [3.63, 3.8) is 0 Å². The van der Waals surface area contributed by atoms with E-state index in [4.69, 9.17) is 18.6 Å². The second-order valence-electron chi connectivity index (χ2n) is 13.4. The molecule has 1 aromatic rings. The number of nitrogens with one attached hydrogen (secondary N) is 3. The van der Waals surface area contributed by atoms with Crippen molar-refractivity contribution in [3.8, 4) is 0 Å². The first-order chi connectivity index (χ1) is 19.0. The highest BCUT2D eigenvalue weighted by Gasteiger charge is 2.54. The summed E-state index contributed by atoms with van der Waals surface area (Å²) < 4.78 is 22.9. The maximum Gasteiger partial charge on any atom is 0.408 e. The highest BCUT2D eigenvalue weighted by atomic mass is 16.6. The van der Waals surface area contributed by atoms with E-state index < -0.39 is 70.5 Å². The van der Waals surface area contributed by atoms with Crippen LogP contribution in [0.5, 0.6) is 0 Å². The van der Waals surface area contributed by atoms with Crippen molar-refractivity contribution in [1.82, 2.24) is 26.1 Å². The van der Waals surface area contributed by atoms with E-state index in [0.29, 0.717) is 0 Å². The maximum atomic E-state index is 13.0. The van der Waals surface area contributed by atoms with Crippen molar-refractivity contribution in [2.75, 3.05) is 6.61 Å². The zero-order valence-corrected chi connectivity index (χ0v) is 26.0. The van der Waals surface area contributed by atoms with Gasteiger partial charge in [0, 0.05) is 0 Å². The van der Waals surface area contributed by atoms with Crippen LogP contribution in [-0.2, 0) is 29.3 Å². The molecule has 1 aromatic heterocycles. The van der Waals surface area contributed by atoms with Gasteiger partial charge in [0.05, 0.1) is 29.8 Å². The molecular weight excluding hydrogens is 554 g/mol. The molecule has 0 aromatic carbocycles. The van der Waals surface area contributed by atoms with Gasteiger partial charge in [-0.1, -0.05) is 0 Å². The molecule has 0 aliphatic heterocycles. The van der Waals surface area contributed by atoms with Gasteiger partial charge in [0.2, 0.25) is 11.8 Å². The third-order valence-corrected chi connectivity index (χ3v) is 5.98. The summed E-state index contributed by atoms with van der Waals surface area (Å²) in [6.07, 6.45) is -1.61. The van der Waals surface area contributed by atoms with Gasteiger partial charge in [0.1, 0.15) is 17.2 Å². The number of carbonyl (C=O) groups excluding carboxylic acids is 2. The summed E-state index contributed by atoms with van der Waals surface area (Å²) in [4.78, 5) is 49.0. The van der Waals surface area contributed by atoms with E-state index in [9.17, 15) is 29.4 Å². The van der Waals surface area contributed by atoms with Crippen LogP contribution in [0, 0.1) is 5.92 Å². The van der Waals surface area contributed by atoms with Crippen LogP contribution in [-0.4, -0.2) is 80.0 Å². The average molecular weight is 600 g/mol. The second-order valence-corrected chi connectivity index (χ2v) is 13.4. The fourth-order valence-electron chi connectivity index (χ4n) is 4.20. The number of ether oxygens (including phenoxy) is 3. The monoisotopic (exact) mass is 599 g/mol. The minimum absolute atomic E-state index is 0.0602. The van der Waals surface area contributed by atoms with E-state index >= 15 is 0 Å². The number of carboxylic acids is 2. The Hall–Kier alpha value is -3.46. The van der Waals surface area contributed by atoms with Crippen LogP contribution in [0.2, 0.25) is 0 Å². The Labute approximate surface area is 245 Å². The molecule has 0 bridgehead atoms. The predicted molar refractivity (Wildman–Crippen MR) is 148 cm³/mol. The number of carboxylic acid groups (broad SMARTS) is 2. The molecule has 0 spiro atoms. The lowest BCUT2D eigenvalue weighted by Crippen LogP contribution is -2.60. The van der Waals surface area contributed by atoms with Crippen molar-refractivity contribution >= 4 is 24.1 Å². The van der Waals surface area contributed by atoms with Gasteiger partial charge in [-0.25, -0.2) is 14.4 Å². The third-order valence-electron chi connectivity index (χ3n) is 5.98. The fraction of sp³-hybridized carbons (Fsp3) is 0.778. The molecule has 5 N–H and O–H groups in total. The molecule has 15 heteroatoms. The van der Waals surface area contributed by atoms with Crippen LogP contribution in [0.1, 0.15) is 99.9 Å². The summed E-state index contributed by atoms with van der Waals surface area (Å²) in [6.45, 7) is 17.3. The van der Waals surface area contributed by atoms with Gasteiger partial charge in [0.15, 0.2) is 6.04 Å². The fourth-order valence-corrected chi connectivity index (χ4v) is 4.20. The highest BCUT2D eigenvalue weighted by Crippen LogP contribution is 2.45. The van der Waals surface area contributed by atoms with Crippen molar-refractivity contribution < 1.29 is 48.0 Å². The largest absolute Gasteiger partial charge is 0.481 e. The Morgan fingerprint density at radius 3 is 2.02 bits per heavy atom. The number of aliphatic carboxylic acids is 2. The van der Waals surface area contributed by atoms with Crippen LogP contribution < -0.4 is 16.0 Å². The molecule has 0 unspecified atom stereocenters. The zero-order chi connectivity index (χ0) is 32.3. The standard InChI is InChI=1S/C27H45N5O10/c1-14(41-25(5,6)7)17(29-23(38)42-26(8,9)10)18-31-32-21(40-18)27(11-15(12-27)19(33)34)30-22(37)28-16(20(35)36)13-39-24(2,3)4/h14-17H,11-13H2,1-10H3,(H,29,38)(H,33,34)(H,35,36)(H2,28,30,37)/t14-,15?,16-,17-,27?/m0/s1. The number of hydrogen-bond donors (Lipinski definition) is 5. The molecule has 3 amide bonds. The highest BCUT2D eigenvalue weighted by molar-refractivity contribution is 5.83. The summed E-state index contributed by atoms with van der Waals surface area (Å²) in [5, 5.41) is 34.9. The van der Waals surface area contributed by atoms with E-state index in [-0.39, 0.29) is 31.2 Å². The van der Waals surface area contributed by atoms with Crippen molar-refractivity contribution in [2.24, 2.45) is 5.92 Å². The van der Waals surface area contributed by atoms with Gasteiger partial charge in [-0.15, -0.1) is 10.2 Å². The van der Waals surface area contributed by atoms with Crippen molar-refractivity contribution in [1.29, 1.82) is 0 Å². The van der Waals surface area contributed by atoms with Crippen LogP contribution in [0.3, 0.4) is 0 Å². The van der Waals surface area contributed by atoms with Crippen molar-refractivity contribution in [3.05, 3.63) is 11.8 Å². The first-order valence-corrected chi connectivity index (χ1v) is 13.7. The van der Waals surface area contributed by atoms with Gasteiger partial charge >= 0.3 is 24.1 Å². The number of urea groups is 1. The molecule has 42 heavy (non-hydrogen) atoms. The smallest absolute Gasteiger partial charge is 0.408 e. The molecule has 1 saturated carbocycles. The Morgan fingerprint density at radius 2 is 1.55 bits per heavy atom. The normalized spacial score (nSPS) is 21.3. The predicted octanol–water partition coefficient (Wildman–Crippen LogP) is 3.10. The van der Waals surface area contributed by atoms with E-state index in [1.807, 2.05) is 20.8 Å². The lowest BCUT2D eigenvalue weighted by Gasteiger charge is -2.43. The van der Waals surface area contributed by atoms with Gasteiger partial charge in [-0.2, -0.15) is 0 Å². The van der Waals surface area contributed by atoms with Gasteiger partial charge in [-0.3, -0.25) is 4.79 Å². The summed E-state index contributed by atoms with van der Waals surface area (Å²) in [5.74, 6) is -3.38. The van der Waals surface area contributed by atoms with Gasteiger partial charge in [-0.05, 0) is 82.1 Å². The second kappa shape index (κ2) is 12.8. The Kier molecular flexibility index (Phi) is 10.6. The number of amides is 3. The molecule has 0 saturated heterocycles. The molecule has 0 radical (unpaired) electrons. The van der Waals surface area contributed by atoms with Crippen LogP contribution >= 0.6 is 0 Å². The lowest BCUT2D eigenvalue weighted by atomic mass is 9.68. The molecular formula is C27H45N5O10. The zero-order valence-electron chi connectivity index (χ0n) is 26.0. The molecule has 1 aliphatic carbocycles. The minimum Gasteiger partial charge on any atom is -0.481 e. The van der Waals surface area contributed by atoms with Gasteiger partial charge in [0.25, 0.3) is 0 Å². The summed E-state index contributed by atoms with van der Waals surface area (Å²) in [5.41, 5.74) is -3.44. The molecule has 1 heterocycles. The average Bonchev–Trinajstić information content (AvgIpc) is 3.23. The molecule has 238 valence electrons. The first-order valence-electron chi connectivity index (χ1n) is 13.7. The molecule has 2 rings (SSSR count). The number of alkyl carbamates (subject to hydrolysis) is 1. The number of aromatic nitrogens is 2. The van der Waals surface area contributed by atoms with Crippen LogP contribution in [0.4, 0.5) is 9.59 Å². The van der Waals surface area contributed by atoms with Gasteiger partial charge < -0.3 is 44.8 Å². The van der Waals surface area contributed by atoms with Crippen LogP contribution in [0.25, 0.3) is 0 Å². The molecule has 1 fully saturated rings. The van der Waals surface area contributed by atoms with Crippen molar-refractivity contribution in [2.45, 2.75) is 123 Å². The molecule has 15 nitrogen and oxygen atoms in total. The number of hydrogen-bond acceptors (Lipinski definition) is 10. The minimum atomic E-state index is -1.41. The Bertz CT molecular complexity index is 1130. The maximum absolute atomic E-state index is 13.0. The summed E-state index contributed by atoms with van der Waals surface area (Å²) in [7, 11) is 0. The summed E-state index contributed by atoms with van der Waals surface area (Å²) >= 11 is 0. The first kappa shape index (κ1) is 34.7. The van der Waals surface area contributed by atoms with E-state index in [1.54, 1.807) is 48.5 Å². The molecule has 3 atom stereocenters. The third kappa shape index (κ3) is 10.4. The van der Waals surface area contributed by atoms with E-state index in [2.05, 4.69) is 26.1 Å². The number of rotatable bonds is 11. The van der Waals surface area contributed by atoms with E-state index in [1.165, 1.54) is 0 Å². The Morgan fingerprint density at radius 1 is 0.952 bits per heavy atom. The Balaban J connectivity index is 2.35. The van der Waals surface area contributed by atoms with E-state index in [0.717, 1.165) is 0 Å². The molecule has 1 aliphatic rings. The quantitative estimate of drug-likeness (QED) is 0.248.